The third kappa shape index (κ3) is 5.45. The standard InChI is InChI=1S/C29H25ClO/c30-21-20-28(24-12-6-2-7-13-24)29(25-14-8-3-9-15-25)26-16-18-27(19-17-26)31-22-23-10-4-1-5-11-23/h1-19H,20-22H2/b29-28+. The second kappa shape index (κ2) is 10.7. The predicted octanol–water partition coefficient (Wildman–Crippen LogP) is 7.85. The minimum absolute atomic E-state index is 0.559. The van der Waals surface area contributed by atoms with Gasteiger partial charge in [0.05, 0.1) is 0 Å². The highest BCUT2D eigenvalue weighted by molar-refractivity contribution is 6.18. The molecule has 0 saturated heterocycles. The zero-order chi connectivity index (χ0) is 21.3. The molecule has 0 heterocycles. The molecule has 4 aromatic rings. The lowest BCUT2D eigenvalue weighted by atomic mass is 9.88. The number of ether oxygens (including phenoxy) is 1. The van der Waals surface area contributed by atoms with E-state index >= 15 is 0 Å². The Morgan fingerprint density at radius 1 is 0.581 bits per heavy atom. The van der Waals surface area contributed by atoms with E-state index in [9.17, 15) is 0 Å². The van der Waals surface area contributed by atoms with E-state index in [4.69, 9.17) is 16.3 Å². The monoisotopic (exact) mass is 424 g/mol. The lowest BCUT2D eigenvalue weighted by Gasteiger charge is -2.17. The number of hydrogen-bond donors (Lipinski definition) is 0. The Morgan fingerprint density at radius 3 is 1.68 bits per heavy atom. The van der Waals surface area contributed by atoms with Gasteiger partial charge in [0, 0.05) is 5.88 Å². The molecule has 0 aliphatic carbocycles. The molecular weight excluding hydrogens is 400 g/mol. The summed E-state index contributed by atoms with van der Waals surface area (Å²) in [6.45, 7) is 0.559. The molecular formula is C29H25ClO. The normalized spacial score (nSPS) is 11.6. The Labute approximate surface area is 189 Å². The van der Waals surface area contributed by atoms with E-state index in [1.54, 1.807) is 0 Å². The molecule has 4 aromatic carbocycles. The number of halogens is 1. The lowest BCUT2D eigenvalue weighted by molar-refractivity contribution is 0.306. The van der Waals surface area contributed by atoms with Crippen molar-refractivity contribution < 1.29 is 4.74 Å². The topological polar surface area (TPSA) is 9.23 Å². The number of allylic oxidation sites excluding steroid dienone is 1. The van der Waals surface area contributed by atoms with Crippen LogP contribution < -0.4 is 4.74 Å². The smallest absolute Gasteiger partial charge is 0.119 e. The van der Waals surface area contributed by atoms with E-state index < -0.39 is 0 Å². The van der Waals surface area contributed by atoms with Crippen molar-refractivity contribution in [3.8, 4) is 5.75 Å². The fraction of sp³-hybridized carbons (Fsp3) is 0.103. The Hall–Kier alpha value is -3.29. The largest absolute Gasteiger partial charge is 0.489 e. The van der Waals surface area contributed by atoms with E-state index in [2.05, 4.69) is 72.8 Å². The molecule has 4 rings (SSSR count). The van der Waals surface area contributed by atoms with Crippen LogP contribution in [-0.4, -0.2) is 5.88 Å². The molecule has 0 aromatic heterocycles. The van der Waals surface area contributed by atoms with Crippen molar-refractivity contribution in [1.29, 1.82) is 0 Å². The van der Waals surface area contributed by atoms with Crippen molar-refractivity contribution in [1.82, 2.24) is 0 Å². The van der Waals surface area contributed by atoms with Gasteiger partial charge >= 0.3 is 0 Å². The summed E-state index contributed by atoms with van der Waals surface area (Å²) in [6.07, 6.45) is 0.794. The van der Waals surface area contributed by atoms with Crippen LogP contribution in [0.2, 0.25) is 0 Å². The molecule has 0 fully saturated rings. The van der Waals surface area contributed by atoms with Gasteiger partial charge in [-0.25, -0.2) is 0 Å². The van der Waals surface area contributed by atoms with Gasteiger partial charge < -0.3 is 4.74 Å². The van der Waals surface area contributed by atoms with Crippen LogP contribution in [0.5, 0.6) is 5.75 Å². The fourth-order valence-corrected chi connectivity index (χ4v) is 3.92. The molecule has 0 saturated carbocycles. The number of rotatable bonds is 8. The van der Waals surface area contributed by atoms with Gasteiger partial charge in [0.15, 0.2) is 0 Å². The van der Waals surface area contributed by atoms with Crippen LogP contribution in [0.15, 0.2) is 115 Å². The van der Waals surface area contributed by atoms with Crippen LogP contribution in [0.1, 0.15) is 28.7 Å². The second-order valence-electron chi connectivity index (χ2n) is 7.32. The van der Waals surface area contributed by atoms with Gasteiger partial charge in [-0.15, -0.1) is 11.6 Å². The van der Waals surface area contributed by atoms with Gasteiger partial charge in [-0.1, -0.05) is 103 Å². The summed E-state index contributed by atoms with van der Waals surface area (Å²) in [5.41, 5.74) is 7.16. The summed E-state index contributed by atoms with van der Waals surface area (Å²) >= 11 is 6.24. The second-order valence-corrected chi connectivity index (χ2v) is 7.70. The third-order valence-electron chi connectivity index (χ3n) is 5.22. The molecule has 0 N–H and O–H groups in total. The van der Waals surface area contributed by atoms with Gasteiger partial charge in [-0.2, -0.15) is 0 Å². The first-order valence-electron chi connectivity index (χ1n) is 10.5. The molecule has 0 radical (unpaired) electrons. The summed E-state index contributed by atoms with van der Waals surface area (Å²) in [5, 5.41) is 0. The summed E-state index contributed by atoms with van der Waals surface area (Å²) < 4.78 is 5.99. The van der Waals surface area contributed by atoms with Crippen molar-refractivity contribution in [2.24, 2.45) is 0 Å². The molecule has 0 aliphatic heterocycles. The molecule has 0 amide bonds. The van der Waals surface area contributed by atoms with Crippen LogP contribution in [0, 0.1) is 0 Å². The van der Waals surface area contributed by atoms with E-state index in [0.717, 1.165) is 23.3 Å². The van der Waals surface area contributed by atoms with Crippen molar-refractivity contribution in [3.63, 3.8) is 0 Å². The first kappa shape index (κ1) is 21.0. The number of hydrogen-bond acceptors (Lipinski definition) is 1. The van der Waals surface area contributed by atoms with Gasteiger partial charge in [-0.05, 0) is 52.0 Å². The summed E-state index contributed by atoms with van der Waals surface area (Å²) in [4.78, 5) is 0. The summed E-state index contributed by atoms with van der Waals surface area (Å²) in [6, 6.07) is 39.6. The van der Waals surface area contributed by atoms with Crippen LogP contribution in [-0.2, 0) is 6.61 Å². The van der Waals surface area contributed by atoms with Gasteiger partial charge in [-0.3, -0.25) is 0 Å². The predicted molar refractivity (Wildman–Crippen MR) is 131 cm³/mol. The zero-order valence-electron chi connectivity index (χ0n) is 17.4. The van der Waals surface area contributed by atoms with Crippen molar-refractivity contribution >= 4 is 22.7 Å². The summed E-state index contributed by atoms with van der Waals surface area (Å²) in [5.74, 6) is 1.43. The molecule has 1 nitrogen and oxygen atoms in total. The van der Waals surface area contributed by atoms with Crippen LogP contribution in [0.3, 0.4) is 0 Å². The maximum absolute atomic E-state index is 6.24. The minimum atomic E-state index is 0.559. The summed E-state index contributed by atoms with van der Waals surface area (Å²) in [7, 11) is 0. The Bertz CT molecular complexity index is 1100. The van der Waals surface area contributed by atoms with E-state index in [-0.39, 0.29) is 0 Å². The van der Waals surface area contributed by atoms with Crippen molar-refractivity contribution in [2.75, 3.05) is 5.88 Å². The van der Waals surface area contributed by atoms with Gasteiger partial charge in [0.25, 0.3) is 0 Å². The number of alkyl halides is 1. The third-order valence-corrected chi connectivity index (χ3v) is 5.41. The van der Waals surface area contributed by atoms with E-state index in [1.807, 2.05) is 42.5 Å². The average molecular weight is 425 g/mol. The zero-order valence-corrected chi connectivity index (χ0v) is 18.1. The maximum Gasteiger partial charge on any atom is 0.119 e. The van der Waals surface area contributed by atoms with E-state index in [0.29, 0.717) is 12.5 Å². The Morgan fingerprint density at radius 2 is 1.10 bits per heavy atom. The van der Waals surface area contributed by atoms with Crippen molar-refractivity contribution in [3.05, 3.63) is 138 Å². The highest BCUT2D eigenvalue weighted by atomic mass is 35.5. The molecule has 0 atom stereocenters. The minimum Gasteiger partial charge on any atom is -0.489 e. The van der Waals surface area contributed by atoms with Gasteiger partial charge in [0.2, 0.25) is 0 Å². The molecule has 2 heteroatoms. The molecule has 31 heavy (non-hydrogen) atoms. The Balaban J connectivity index is 1.70. The quantitative estimate of drug-likeness (QED) is 0.206. The number of benzene rings is 4. The van der Waals surface area contributed by atoms with E-state index in [1.165, 1.54) is 22.3 Å². The van der Waals surface area contributed by atoms with Crippen LogP contribution in [0.25, 0.3) is 11.1 Å². The molecule has 154 valence electrons. The molecule has 0 spiro atoms. The fourth-order valence-electron chi connectivity index (χ4n) is 3.73. The molecule has 0 aliphatic rings. The highest BCUT2D eigenvalue weighted by Gasteiger charge is 2.14. The van der Waals surface area contributed by atoms with Crippen molar-refractivity contribution in [2.45, 2.75) is 13.0 Å². The first-order valence-corrected chi connectivity index (χ1v) is 11.1. The van der Waals surface area contributed by atoms with Crippen LogP contribution in [0.4, 0.5) is 0 Å². The maximum atomic E-state index is 6.24. The molecule has 0 unspecified atom stereocenters. The lowest BCUT2D eigenvalue weighted by Crippen LogP contribution is -1.98. The highest BCUT2D eigenvalue weighted by Crippen LogP contribution is 2.35. The first-order chi connectivity index (χ1) is 15.3. The average Bonchev–Trinajstić information content (AvgIpc) is 2.85. The SMILES string of the molecule is ClCC/C(=C(/c1ccccc1)c1ccc(OCc2ccccc2)cc1)c1ccccc1. The Kier molecular flexibility index (Phi) is 7.20. The van der Waals surface area contributed by atoms with Gasteiger partial charge in [0.1, 0.15) is 12.4 Å². The molecule has 0 bridgehead atoms. The van der Waals surface area contributed by atoms with Crippen LogP contribution >= 0.6 is 11.6 Å².